The highest BCUT2D eigenvalue weighted by molar-refractivity contribution is 5.99. The first-order valence-electron chi connectivity index (χ1n) is 8.04. The number of nitrogens with two attached hydrogens (primary N) is 1. The number of carbonyl (C=O) groups is 2. The van der Waals surface area contributed by atoms with Crippen LogP contribution in [0.5, 0.6) is 0 Å². The zero-order chi connectivity index (χ0) is 17.2. The maximum absolute atomic E-state index is 13.2. The van der Waals surface area contributed by atoms with Gasteiger partial charge < -0.3 is 10.6 Å². The van der Waals surface area contributed by atoms with Crippen LogP contribution in [-0.4, -0.2) is 35.7 Å². The lowest BCUT2D eigenvalue weighted by atomic mass is 9.79. The Labute approximate surface area is 136 Å². The zero-order valence-corrected chi connectivity index (χ0v) is 14.0. The number of Topliss-reactive ketones (excluding diaryl/α,β-unsaturated/α-hetero) is 1. The Balaban J connectivity index is 1.98. The molecule has 2 N–H and O–H groups in total. The van der Waals surface area contributed by atoms with E-state index in [9.17, 15) is 14.0 Å². The minimum atomic E-state index is -0.469. The fraction of sp³-hybridized carbons (Fsp3) is 0.556. The topological polar surface area (TPSA) is 63.4 Å². The van der Waals surface area contributed by atoms with Gasteiger partial charge in [-0.05, 0) is 24.0 Å². The van der Waals surface area contributed by atoms with Gasteiger partial charge >= 0.3 is 0 Å². The van der Waals surface area contributed by atoms with Crippen LogP contribution < -0.4 is 5.73 Å². The number of nitrogens with zero attached hydrogens (tertiary/aromatic N) is 1. The van der Waals surface area contributed by atoms with Crippen molar-refractivity contribution in [2.75, 3.05) is 13.1 Å². The molecule has 2 atom stereocenters. The number of benzene rings is 1. The number of piperidine rings is 1. The Morgan fingerprint density at radius 2 is 2.13 bits per heavy atom. The Kier molecular flexibility index (Phi) is 5.19. The Bertz CT molecular complexity index is 600. The molecule has 0 saturated carbocycles. The maximum Gasteiger partial charge on any atom is 0.223 e. The molecule has 23 heavy (non-hydrogen) atoms. The zero-order valence-electron chi connectivity index (χ0n) is 14.0. The Hall–Kier alpha value is -1.75. The summed E-state index contributed by atoms with van der Waals surface area (Å²) >= 11 is 0. The number of hydrogen-bond acceptors (Lipinski definition) is 3. The highest BCUT2D eigenvalue weighted by Gasteiger charge is 2.35. The number of carbonyl (C=O) groups excluding carboxylic acids is 2. The molecule has 0 bridgehead atoms. The number of likely N-dealkylation sites (tertiary alicyclic amines) is 1. The van der Waals surface area contributed by atoms with Gasteiger partial charge in [-0.1, -0.05) is 32.9 Å². The average molecular weight is 320 g/mol. The van der Waals surface area contributed by atoms with E-state index in [-0.39, 0.29) is 29.6 Å². The summed E-state index contributed by atoms with van der Waals surface area (Å²) in [7, 11) is 0. The molecule has 5 heteroatoms. The third kappa shape index (κ3) is 4.16. The van der Waals surface area contributed by atoms with Crippen molar-refractivity contribution in [3.63, 3.8) is 0 Å². The number of rotatable bonds is 4. The maximum atomic E-state index is 13.2. The smallest absolute Gasteiger partial charge is 0.223 e. The minimum absolute atomic E-state index is 0.0396. The van der Waals surface area contributed by atoms with Crippen LogP contribution in [-0.2, 0) is 4.79 Å². The van der Waals surface area contributed by atoms with E-state index >= 15 is 0 Å². The molecule has 1 aliphatic rings. The summed E-state index contributed by atoms with van der Waals surface area (Å²) < 4.78 is 13.2. The lowest BCUT2D eigenvalue weighted by Crippen LogP contribution is -2.54. The Morgan fingerprint density at radius 1 is 1.43 bits per heavy atom. The molecule has 2 unspecified atom stereocenters. The van der Waals surface area contributed by atoms with Crippen molar-refractivity contribution >= 4 is 11.7 Å². The predicted molar refractivity (Wildman–Crippen MR) is 87.5 cm³/mol. The highest BCUT2D eigenvalue weighted by Crippen LogP contribution is 2.28. The van der Waals surface area contributed by atoms with Crippen molar-refractivity contribution in [1.82, 2.24) is 4.90 Å². The summed E-state index contributed by atoms with van der Waals surface area (Å²) in [6, 6.07) is 5.68. The summed E-state index contributed by atoms with van der Waals surface area (Å²) in [6.07, 6.45) is 0.908. The van der Waals surface area contributed by atoms with Crippen molar-refractivity contribution in [3.05, 3.63) is 35.6 Å². The SMILES string of the molecule is CC(CC(=O)N1CCC(N)C(C)(C)C1)C(=O)c1cccc(F)c1. The van der Waals surface area contributed by atoms with E-state index in [1.807, 2.05) is 0 Å². The van der Waals surface area contributed by atoms with Crippen LogP contribution in [0, 0.1) is 17.2 Å². The summed E-state index contributed by atoms with van der Waals surface area (Å²) in [4.78, 5) is 26.6. The molecule has 0 spiro atoms. The lowest BCUT2D eigenvalue weighted by molar-refractivity contribution is -0.135. The van der Waals surface area contributed by atoms with E-state index in [1.54, 1.807) is 17.9 Å². The first-order valence-corrected chi connectivity index (χ1v) is 8.04. The number of halogens is 1. The van der Waals surface area contributed by atoms with E-state index in [4.69, 9.17) is 5.73 Å². The van der Waals surface area contributed by atoms with Gasteiger partial charge in [-0.3, -0.25) is 9.59 Å². The largest absolute Gasteiger partial charge is 0.342 e. The van der Waals surface area contributed by atoms with Crippen molar-refractivity contribution in [3.8, 4) is 0 Å². The van der Waals surface area contributed by atoms with Crippen molar-refractivity contribution in [2.24, 2.45) is 17.1 Å². The summed E-state index contributed by atoms with van der Waals surface area (Å²) in [5.41, 5.74) is 6.28. The van der Waals surface area contributed by atoms with Gasteiger partial charge in [0.15, 0.2) is 5.78 Å². The molecule has 1 heterocycles. The van der Waals surface area contributed by atoms with Gasteiger partial charge in [0, 0.05) is 37.0 Å². The molecule has 1 aromatic carbocycles. The highest BCUT2D eigenvalue weighted by atomic mass is 19.1. The van der Waals surface area contributed by atoms with Crippen molar-refractivity contribution < 1.29 is 14.0 Å². The van der Waals surface area contributed by atoms with Gasteiger partial charge in [0.2, 0.25) is 5.91 Å². The third-order valence-corrected chi connectivity index (χ3v) is 4.70. The minimum Gasteiger partial charge on any atom is -0.342 e. The molecule has 1 saturated heterocycles. The van der Waals surface area contributed by atoms with Crippen LogP contribution in [0.25, 0.3) is 0 Å². The normalized spacial score (nSPS) is 21.8. The second kappa shape index (κ2) is 6.79. The van der Waals surface area contributed by atoms with Gasteiger partial charge in [-0.15, -0.1) is 0 Å². The molecule has 4 nitrogen and oxygen atoms in total. The second-order valence-electron chi connectivity index (χ2n) is 7.18. The molecule has 2 rings (SSSR count). The molecular weight excluding hydrogens is 295 g/mol. The van der Waals surface area contributed by atoms with E-state index in [0.29, 0.717) is 18.7 Å². The van der Waals surface area contributed by atoms with Crippen LogP contribution in [0.15, 0.2) is 24.3 Å². The molecule has 0 aromatic heterocycles. The van der Waals surface area contributed by atoms with Crippen molar-refractivity contribution in [2.45, 2.75) is 39.7 Å². The van der Waals surface area contributed by atoms with Gasteiger partial charge in [0.25, 0.3) is 0 Å². The standard InChI is InChI=1S/C18H25FN2O2/c1-12(17(23)13-5-4-6-14(19)10-13)9-16(22)21-8-7-15(20)18(2,3)11-21/h4-6,10,12,15H,7-9,11,20H2,1-3H3. The van der Waals surface area contributed by atoms with Crippen LogP contribution in [0.3, 0.4) is 0 Å². The van der Waals surface area contributed by atoms with Gasteiger partial charge in [0.05, 0.1) is 0 Å². The Morgan fingerprint density at radius 3 is 2.74 bits per heavy atom. The molecular formula is C18H25FN2O2. The van der Waals surface area contributed by atoms with Gasteiger partial charge in [-0.2, -0.15) is 0 Å². The van der Waals surface area contributed by atoms with Crippen LogP contribution in [0.1, 0.15) is 44.0 Å². The van der Waals surface area contributed by atoms with E-state index in [0.717, 1.165) is 6.42 Å². The molecule has 1 fully saturated rings. The van der Waals surface area contributed by atoms with Crippen LogP contribution in [0.4, 0.5) is 4.39 Å². The van der Waals surface area contributed by atoms with E-state index in [1.165, 1.54) is 18.2 Å². The number of ketones is 1. The predicted octanol–water partition coefficient (Wildman–Crippen LogP) is 2.62. The third-order valence-electron chi connectivity index (χ3n) is 4.70. The van der Waals surface area contributed by atoms with Crippen LogP contribution >= 0.6 is 0 Å². The molecule has 1 aliphatic heterocycles. The van der Waals surface area contributed by atoms with Gasteiger partial charge in [-0.25, -0.2) is 4.39 Å². The molecule has 1 aromatic rings. The fourth-order valence-corrected chi connectivity index (χ4v) is 3.00. The van der Waals surface area contributed by atoms with Crippen molar-refractivity contribution in [1.29, 1.82) is 0 Å². The molecule has 0 aliphatic carbocycles. The summed E-state index contributed by atoms with van der Waals surface area (Å²) in [6.45, 7) is 7.06. The monoisotopic (exact) mass is 320 g/mol. The quantitative estimate of drug-likeness (QED) is 0.867. The van der Waals surface area contributed by atoms with Gasteiger partial charge in [0.1, 0.15) is 5.82 Å². The number of amides is 1. The first kappa shape index (κ1) is 17.6. The summed E-state index contributed by atoms with van der Waals surface area (Å²) in [5, 5.41) is 0. The van der Waals surface area contributed by atoms with E-state index in [2.05, 4.69) is 13.8 Å². The molecule has 126 valence electrons. The summed E-state index contributed by atoms with van der Waals surface area (Å²) in [5.74, 6) is -1.16. The average Bonchev–Trinajstić information content (AvgIpc) is 2.49. The molecule has 1 amide bonds. The fourth-order valence-electron chi connectivity index (χ4n) is 3.00. The van der Waals surface area contributed by atoms with E-state index < -0.39 is 11.7 Å². The molecule has 0 radical (unpaired) electrons. The van der Waals surface area contributed by atoms with Crippen LogP contribution in [0.2, 0.25) is 0 Å². The number of hydrogen-bond donors (Lipinski definition) is 1. The first-order chi connectivity index (χ1) is 10.7. The second-order valence-corrected chi connectivity index (χ2v) is 7.18. The lowest BCUT2D eigenvalue weighted by Gasteiger charge is -2.42.